The molecule has 2 heterocycles. The first-order chi connectivity index (χ1) is 6.33. The molecule has 0 fully saturated rings. The largest absolute Gasteiger partial charge is 0.377 e. The van der Waals surface area contributed by atoms with Gasteiger partial charge in [-0.15, -0.1) is 0 Å². The van der Waals surface area contributed by atoms with Crippen molar-refractivity contribution in [1.82, 2.24) is 14.6 Å². The Morgan fingerprint density at radius 3 is 3.15 bits per heavy atom. The average Bonchev–Trinajstić information content (AvgIpc) is 2.61. The van der Waals surface area contributed by atoms with Gasteiger partial charge in [0, 0.05) is 7.11 Å². The van der Waals surface area contributed by atoms with Gasteiger partial charge in [-0.3, -0.25) is 0 Å². The lowest BCUT2D eigenvalue weighted by atomic mass is 10.5. The second kappa shape index (κ2) is 3.39. The van der Waals surface area contributed by atoms with Crippen molar-refractivity contribution in [3.05, 3.63) is 16.9 Å². The fourth-order valence-corrected chi connectivity index (χ4v) is 1.90. The maximum atomic E-state index is 12.2. The van der Waals surface area contributed by atoms with Crippen LogP contribution in [-0.2, 0) is 18.0 Å². The van der Waals surface area contributed by atoms with Crippen LogP contribution in [0.25, 0.3) is 4.96 Å². The molecule has 2 aromatic heterocycles. The molecular formula is C7H8FN3OS. The van der Waals surface area contributed by atoms with E-state index < -0.39 is 6.67 Å². The maximum absolute atomic E-state index is 12.2. The summed E-state index contributed by atoms with van der Waals surface area (Å²) >= 11 is 1.41. The molecule has 0 N–H and O–H groups in total. The van der Waals surface area contributed by atoms with Gasteiger partial charge in [-0.1, -0.05) is 11.3 Å². The smallest absolute Gasteiger partial charge is 0.212 e. The number of alkyl halides is 1. The highest BCUT2D eigenvalue weighted by Crippen LogP contribution is 2.15. The first-order valence-electron chi connectivity index (χ1n) is 3.72. The Kier molecular flexibility index (Phi) is 2.24. The first kappa shape index (κ1) is 8.58. The molecular weight excluding hydrogens is 193 g/mol. The van der Waals surface area contributed by atoms with Crippen LogP contribution in [0.1, 0.15) is 10.7 Å². The number of hydrogen-bond donors (Lipinski definition) is 0. The van der Waals surface area contributed by atoms with Gasteiger partial charge in [-0.25, -0.2) is 13.9 Å². The number of fused-ring (bicyclic) bond motifs is 1. The van der Waals surface area contributed by atoms with Crippen LogP contribution in [0.15, 0.2) is 6.20 Å². The topological polar surface area (TPSA) is 39.4 Å². The summed E-state index contributed by atoms with van der Waals surface area (Å²) < 4.78 is 18.7. The van der Waals surface area contributed by atoms with Gasteiger partial charge in [0.05, 0.1) is 18.5 Å². The molecule has 0 spiro atoms. The Morgan fingerprint density at radius 1 is 1.69 bits per heavy atom. The number of ether oxygens (including phenoxy) is 1. The lowest BCUT2D eigenvalue weighted by molar-refractivity contribution is 0.183. The van der Waals surface area contributed by atoms with Crippen molar-refractivity contribution in [2.75, 3.05) is 7.11 Å². The highest BCUT2D eigenvalue weighted by atomic mass is 32.1. The second-order valence-corrected chi connectivity index (χ2v) is 3.56. The molecule has 13 heavy (non-hydrogen) atoms. The van der Waals surface area contributed by atoms with Gasteiger partial charge in [-0.2, -0.15) is 5.10 Å². The molecule has 0 aliphatic rings. The van der Waals surface area contributed by atoms with Crippen LogP contribution in [0.5, 0.6) is 0 Å². The van der Waals surface area contributed by atoms with Gasteiger partial charge in [-0.05, 0) is 0 Å². The zero-order valence-corrected chi connectivity index (χ0v) is 7.84. The number of hydrogen-bond acceptors (Lipinski definition) is 4. The second-order valence-electron chi connectivity index (χ2n) is 2.52. The van der Waals surface area contributed by atoms with Crippen molar-refractivity contribution in [2.24, 2.45) is 0 Å². The fourth-order valence-electron chi connectivity index (χ4n) is 1.03. The normalized spacial score (nSPS) is 11.2. The minimum atomic E-state index is -0.546. The molecule has 0 saturated carbocycles. The average molecular weight is 201 g/mol. The highest BCUT2D eigenvalue weighted by molar-refractivity contribution is 7.16. The third kappa shape index (κ3) is 1.54. The first-order valence-corrected chi connectivity index (χ1v) is 4.54. The van der Waals surface area contributed by atoms with E-state index in [9.17, 15) is 4.39 Å². The van der Waals surface area contributed by atoms with Crippen molar-refractivity contribution in [2.45, 2.75) is 13.3 Å². The third-order valence-electron chi connectivity index (χ3n) is 1.54. The van der Waals surface area contributed by atoms with E-state index in [2.05, 4.69) is 10.1 Å². The Morgan fingerprint density at radius 2 is 2.54 bits per heavy atom. The summed E-state index contributed by atoms with van der Waals surface area (Å²) in [6.45, 7) is -0.0747. The van der Waals surface area contributed by atoms with Gasteiger partial charge in [0.15, 0.2) is 0 Å². The number of methoxy groups -OCH3 is 1. The summed E-state index contributed by atoms with van der Waals surface area (Å²) in [5.74, 6) is 0. The molecule has 70 valence electrons. The Balaban J connectivity index is 2.36. The number of imidazole rings is 1. The molecule has 2 aromatic rings. The van der Waals surface area contributed by atoms with E-state index in [1.165, 1.54) is 11.3 Å². The lowest BCUT2D eigenvalue weighted by Crippen LogP contribution is -1.88. The van der Waals surface area contributed by atoms with Gasteiger partial charge in [0.2, 0.25) is 4.96 Å². The Hall–Kier alpha value is -1.01. The van der Waals surface area contributed by atoms with Crippen LogP contribution in [0, 0.1) is 0 Å². The fraction of sp³-hybridized carbons (Fsp3) is 0.429. The van der Waals surface area contributed by atoms with Gasteiger partial charge in [0.25, 0.3) is 0 Å². The summed E-state index contributed by atoms with van der Waals surface area (Å²) in [6.07, 6.45) is 1.59. The zero-order valence-electron chi connectivity index (χ0n) is 7.03. The van der Waals surface area contributed by atoms with Crippen molar-refractivity contribution in [3.8, 4) is 0 Å². The molecule has 2 rings (SSSR count). The van der Waals surface area contributed by atoms with Crippen LogP contribution >= 0.6 is 11.3 Å². The van der Waals surface area contributed by atoms with E-state index in [1.54, 1.807) is 17.8 Å². The third-order valence-corrected chi connectivity index (χ3v) is 2.44. The minimum absolute atomic E-state index is 0.419. The molecule has 0 amide bonds. The number of halogens is 1. The Bertz CT molecular complexity index is 379. The van der Waals surface area contributed by atoms with Crippen molar-refractivity contribution in [1.29, 1.82) is 0 Å². The molecule has 0 aromatic carbocycles. The summed E-state index contributed by atoms with van der Waals surface area (Å²) in [5.41, 5.74) is 0.419. The highest BCUT2D eigenvalue weighted by Gasteiger charge is 2.06. The predicted molar refractivity (Wildman–Crippen MR) is 46.4 cm³/mol. The van der Waals surface area contributed by atoms with Crippen LogP contribution in [0.2, 0.25) is 0 Å². The van der Waals surface area contributed by atoms with E-state index in [1.807, 2.05) is 0 Å². The number of aromatic nitrogens is 3. The van der Waals surface area contributed by atoms with Gasteiger partial charge < -0.3 is 4.74 Å². The SMILES string of the molecule is COCc1nn2cc(CF)nc2s1. The molecule has 0 aliphatic heterocycles. The summed E-state index contributed by atoms with van der Waals surface area (Å²) in [4.78, 5) is 4.73. The maximum Gasteiger partial charge on any atom is 0.212 e. The Labute approximate surface area is 78.0 Å². The van der Waals surface area contributed by atoms with Gasteiger partial charge in [0.1, 0.15) is 11.7 Å². The minimum Gasteiger partial charge on any atom is -0.377 e. The van der Waals surface area contributed by atoms with E-state index in [0.29, 0.717) is 17.3 Å². The van der Waals surface area contributed by atoms with E-state index >= 15 is 0 Å². The molecule has 0 bridgehead atoms. The predicted octanol–water partition coefficient (Wildman–Crippen LogP) is 1.41. The lowest BCUT2D eigenvalue weighted by Gasteiger charge is -1.88. The summed E-state index contributed by atoms with van der Waals surface area (Å²) in [6, 6.07) is 0. The molecule has 0 aliphatic carbocycles. The number of rotatable bonds is 3. The molecule has 0 atom stereocenters. The summed E-state index contributed by atoms with van der Waals surface area (Å²) in [5, 5.41) is 5.00. The van der Waals surface area contributed by atoms with Crippen LogP contribution in [0.4, 0.5) is 4.39 Å². The van der Waals surface area contributed by atoms with E-state index in [-0.39, 0.29) is 0 Å². The molecule has 0 radical (unpaired) electrons. The standard InChI is InChI=1S/C7H8FN3OS/c1-12-4-6-10-11-3-5(2-8)9-7(11)13-6/h3H,2,4H2,1H3. The molecule has 0 saturated heterocycles. The summed E-state index contributed by atoms with van der Waals surface area (Å²) in [7, 11) is 1.61. The van der Waals surface area contributed by atoms with E-state index in [4.69, 9.17) is 4.74 Å². The van der Waals surface area contributed by atoms with Crippen LogP contribution < -0.4 is 0 Å². The van der Waals surface area contributed by atoms with E-state index in [0.717, 1.165) is 5.01 Å². The van der Waals surface area contributed by atoms with Crippen LogP contribution in [-0.4, -0.2) is 21.7 Å². The molecule has 6 heteroatoms. The molecule has 4 nitrogen and oxygen atoms in total. The monoisotopic (exact) mass is 201 g/mol. The quantitative estimate of drug-likeness (QED) is 0.753. The van der Waals surface area contributed by atoms with Crippen molar-refractivity contribution >= 4 is 16.3 Å². The van der Waals surface area contributed by atoms with Crippen molar-refractivity contribution in [3.63, 3.8) is 0 Å². The molecule has 0 unspecified atom stereocenters. The van der Waals surface area contributed by atoms with Gasteiger partial charge >= 0.3 is 0 Å². The van der Waals surface area contributed by atoms with Crippen LogP contribution in [0.3, 0.4) is 0 Å². The van der Waals surface area contributed by atoms with Crippen molar-refractivity contribution < 1.29 is 9.13 Å². The zero-order chi connectivity index (χ0) is 9.26. The number of nitrogens with zero attached hydrogens (tertiary/aromatic N) is 3.